The van der Waals surface area contributed by atoms with E-state index in [1.807, 2.05) is 0 Å². The number of hydrogen-bond acceptors (Lipinski definition) is 5. The highest BCUT2D eigenvalue weighted by Crippen LogP contribution is 2.29. The Bertz CT molecular complexity index is 477. The standard InChI is InChI=1S/C9H10B2BrN3O3/c1-8(2,9(10,11)16)14-7-6(15(17)18)3-5(12)4-13-7/h3-4,16H,1-2H3,(H,13,14). The van der Waals surface area contributed by atoms with Gasteiger partial charge in [0.25, 0.3) is 0 Å². The van der Waals surface area contributed by atoms with E-state index < -0.39 is 15.9 Å². The molecule has 0 fully saturated rings. The van der Waals surface area contributed by atoms with Gasteiger partial charge in [-0.15, -0.1) is 0 Å². The van der Waals surface area contributed by atoms with Crippen LogP contribution in [0, 0.1) is 10.1 Å². The molecule has 0 saturated heterocycles. The van der Waals surface area contributed by atoms with Crippen molar-refractivity contribution in [1.29, 1.82) is 0 Å². The lowest BCUT2D eigenvalue weighted by Gasteiger charge is -2.39. The van der Waals surface area contributed by atoms with E-state index in [9.17, 15) is 15.2 Å². The van der Waals surface area contributed by atoms with Gasteiger partial charge < -0.3 is 10.4 Å². The summed E-state index contributed by atoms with van der Waals surface area (Å²) in [5.41, 5.74) is -1.46. The smallest absolute Gasteiger partial charge is 0.312 e. The lowest BCUT2D eigenvalue weighted by atomic mass is 9.55. The first kappa shape index (κ1) is 15.0. The Labute approximate surface area is 115 Å². The zero-order valence-electron chi connectivity index (χ0n) is 9.85. The molecular weight excluding hydrogens is 300 g/mol. The van der Waals surface area contributed by atoms with E-state index in [1.54, 1.807) is 0 Å². The van der Waals surface area contributed by atoms with Gasteiger partial charge in [0.15, 0.2) is 0 Å². The van der Waals surface area contributed by atoms with Gasteiger partial charge in [0, 0.05) is 27.7 Å². The SMILES string of the molecule is [B]C([B])(O)C(C)(C)Nc1ncc(Br)cc1[N+](=O)[O-]. The van der Waals surface area contributed by atoms with Gasteiger partial charge in [-0.3, -0.25) is 10.1 Å². The van der Waals surface area contributed by atoms with Crippen molar-refractivity contribution in [3.05, 3.63) is 26.9 Å². The van der Waals surface area contributed by atoms with Gasteiger partial charge in [-0.2, -0.15) is 0 Å². The molecule has 0 aromatic carbocycles. The van der Waals surface area contributed by atoms with Crippen molar-refractivity contribution >= 4 is 43.1 Å². The number of aromatic nitrogens is 1. The normalized spacial score (nSPS) is 12.2. The maximum atomic E-state index is 10.9. The van der Waals surface area contributed by atoms with Crippen LogP contribution in [0.15, 0.2) is 16.7 Å². The Balaban J connectivity index is 3.16. The molecule has 18 heavy (non-hydrogen) atoms. The largest absolute Gasteiger partial charge is 0.407 e. The fourth-order valence-corrected chi connectivity index (χ4v) is 1.38. The van der Waals surface area contributed by atoms with E-state index in [4.69, 9.17) is 15.7 Å². The van der Waals surface area contributed by atoms with Crippen LogP contribution in [0.5, 0.6) is 0 Å². The van der Waals surface area contributed by atoms with Gasteiger partial charge in [-0.05, 0) is 29.8 Å². The molecule has 9 heteroatoms. The maximum Gasteiger partial charge on any atom is 0.312 e. The van der Waals surface area contributed by atoms with Crippen molar-refractivity contribution in [2.45, 2.75) is 24.8 Å². The molecule has 0 aliphatic heterocycles. The zero-order valence-corrected chi connectivity index (χ0v) is 11.4. The fourth-order valence-electron chi connectivity index (χ4n) is 1.06. The number of hydrogen-bond donors (Lipinski definition) is 2. The third kappa shape index (κ3) is 3.23. The lowest BCUT2D eigenvalue weighted by molar-refractivity contribution is -0.384. The topological polar surface area (TPSA) is 88.3 Å². The fraction of sp³-hybridized carbons (Fsp3) is 0.444. The first-order valence-corrected chi connectivity index (χ1v) is 5.72. The van der Waals surface area contributed by atoms with Crippen molar-refractivity contribution < 1.29 is 10.0 Å². The minimum absolute atomic E-state index is 0.0254. The molecule has 1 heterocycles. The number of pyridine rings is 1. The first-order chi connectivity index (χ1) is 8.04. The third-order valence-corrected chi connectivity index (χ3v) is 2.90. The minimum Gasteiger partial charge on any atom is -0.407 e. The van der Waals surface area contributed by atoms with E-state index in [1.165, 1.54) is 26.1 Å². The monoisotopic (exact) mass is 309 g/mol. The average molecular weight is 310 g/mol. The Morgan fingerprint density at radius 2 is 2.11 bits per heavy atom. The van der Waals surface area contributed by atoms with Crippen LogP contribution in [0.25, 0.3) is 0 Å². The average Bonchev–Trinajstić information content (AvgIpc) is 2.18. The van der Waals surface area contributed by atoms with Crippen molar-refractivity contribution in [3.8, 4) is 0 Å². The number of halogens is 1. The van der Waals surface area contributed by atoms with Gasteiger partial charge in [-0.25, -0.2) is 4.98 Å². The summed E-state index contributed by atoms with van der Waals surface area (Å²) in [5, 5.41) is 21.1. The number of nitro groups is 1. The zero-order chi connectivity index (χ0) is 14.1. The molecule has 0 spiro atoms. The summed E-state index contributed by atoms with van der Waals surface area (Å²) < 4.78 is 0.466. The van der Waals surface area contributed by atoms with Crippen LogP contribution in [0.1, 0.15) is 13.8 Å². The number of anilines is 1. The molecule has 1 rings (SSSR count). The highest BCUT2D eigenvalue weighted by atomic mass is 79.9. The highest BCUT2D eigenvalue weighted by Gasteiger charge is 2.35. The molecule has 0 unspecified atom stereocenters. The molecule has 1 aromatic rings. The van der Waals surface area contributed by atoms with Crippen LogP contribution in [0.3, 0.4) is 0 Å². The molecule has 0 aliphatic rings. The van der Waals surface area contributed by atoms with Gasteiger partial charge >= 0.3 is 5.69 Å². The Morgan fingerprint density at radius 1 is 1.56 bits per heavy atom. The summed E-state index contributed by atoms with van der Waals surface area (Å²) in [4.78, 5) is 14.2. The molecule has 6 nitrogen and oxygen atoms in total. The Kier molecular flexibility index (Phi) is 4.07. The summed E-state index contributed by atoms with van der Waals surface area (Å²) in [6, 6.07) is 1.29. The van der Waals surface area contributed by atoms with Crippen molar-refractivity contribution in [3.63, 3.8) is 0 Å². The molecule has 4 radical (unpaired) electrons. The van der Waals surface area contributed by atoms with Crippen LogP contribution in [-0.2, 0) is 0 Å². The summed E-state index contributed by atoms with van der Waals surface area (Å²) >= 11 is 3.09. The maximum absolute atomic E-state index is 10.9. The van der Waals surface area contributed by atoms with Gasteiger partial charge in [0.05, 0.1) is 4.92 Å². The predicted octanol–water partition coefficient (Wildman–Crippen LogP) is 0.926. The molecule has 2 N–H and O–H groups in total. The van der Waals surface area contributed by atoms with Crippen molar-refractivity contribution in [2.75, 3.05) is 5.32 Å². The second-order valence-electron chi connectivity index (χ2n) is 4.35. The molecule has 0 amide bonds. The van der Waals surface area contributed by atoms with Gasteiger partial charge in [-0.1, -0.05) is 0 Å². The van der Waals surface area contributed by atoms with Gasteiger partial charge in [0.2, 0.25) is 5.82 Å². The number of nitrogens with zero attached hydrogens (tertiary/aromatic N) is 2. The van der Waals surface area contributed by atoms with Crippen LogP contribution in [0.4, 0.5) is 11.5 Å². The highest BCUT2D eigenvalue weighted by molar-refractivity contribution is 9.10. The Hall–Kier alpha value is -1.08. The Morgan fingerprint density at radius 3 is 2.56 bits per heavy atom. The molecular formula is C9H10B2BrN3O3. The van der Waals surface area contributed by atoms with Crippen molar-refractivity contribution in [2.24, 2.45) is 0 Å². The second-order valence-corrected chi connectivity index (χ2v) is 5.27. The van der Waals surface area contributed by atoms with Crippen LogP contribution < -0.4 is 5.32 Å². The number of aliphatic hydroxyl groups is 1. The van der Waals surface area contributed by atoms with Crippen LogP contribution in [-0.4, -0.2) is 41.6 Å². The van der Waals surface area contributed by atoms with Crippen molar-refractivity contribution in [1.82, 2.24) is 4.98 Å². The number of nitrogens with one attached hydrogen (secondary N) is 1. The predicted molar refractivity (Wildman–Crippen MR) is 72.8 cm³/mol. The molecule has 92 valence electrons. The molecule has 0 bridgehead atoms. The lowest BCUT2D eigenvalue weighted by Crippen LogP contribution is -2.56. The second kappa shape index (κ2) is 4.89. The van der Waals surface area contributed by atoms with E-state index in [0.717, 1.165) is 0 Å². The molecule has 0 aliphatic carbocycles. The molecule has 0 saturated carbocycles. The van der Waals surface area contributed by atoms with E-state index >= 15 is 0 Å². The quantitative estimate of drug-likeness (QED) is 0.491. The minimum atomic E-state index is -2.06. The van der Waals surface area contributed by atoms with Crippen LogP contribution >= 0.6 is 15.9 Å². The van der Waals surface area contributed by atoms with E-state index in [-0.39, 0.29) is 11.5 Å². The van der Waals surface area contributed by atoms with E-state index in [2.05, 4.69) is 26.2 Å². The van der Waals surface area contributed by atoms with E-state index in [0.29, 0.717) is 4.47 Å². The van der Waals surface area contributed by atoms with Crippen LogP contribution in [0.2, 0.25) is 0 Å². The van der Waals surface area contributed by atoms with Gasteiger partial charge in [0.1, 0.15) is 15.7 Å². The first-order valence-electron chi connectivity index (χ1n) is 4.93. The summed E-state index contributed by atoms with van der Waals surface area (Å²) in [6.07, 6.45) is 1.39. The number of rotatable bonds is 4. The third-order valence-electron chi connectivity index (χ3n) is 2.46. The summed E-state index contributed by atoms with van der Waals surface area (Å²) in [6.45, 7) is 3.00. The molecule has 0 atom stereocenters. The molecule has 1 aromatic heterocycles. The summed E-state index contributed by atoms with van der Waals surface area (Å²) in [5.74, 6) is -0.0254. The summed E-state index contributed by atoms with van der Waals surface area (Å²) in [7, 11) is 10.8.